The summed E-state index contributed by atoms with van der Waals surface area (Å²) in [5.41, 5.74) is 0.914. The van der Waals surface area contributed by atoms with Gasteiger partial charge >= 0.3 is 0 Å². The van der Waals surface area contributed by atoms with E-state index < -0.39 is 0 Å². The van der Waals surface area contributed by atoms with Crippen LogP contribution in [0.4, 0.5) is 0 Å². The SMILES string of the molecule is COc1ccc(-c2noc(CN(C)[C@@H]3CCOC3)n2)cc1. The number of benzene rings is 1. The van der Waals surface area contributed by atoms with Gasteiger partial charge in [0.05, 0.1) is 20.3 Å². The predicted octanol–water partition coefficient (Wildman–Crippen LogP) is 1.97. The lowest BCUT2D eigenvalue weighted by Gasteiger charge is -2.20. The molecule has 3 rings (SSSR count). The number of nitrogens with zero attached hydrogens (tertiary/aromatic N) is 3. The van der Waals surface area contributed by atoms with Crippen LogP contribution in [0.1, 0.15) is 12.3 Å². The van der Waals surface area contributed by atoms with Crippen molar-refractivity contribution in [1.29, 1.82) is 0 Å². The minimum Gasteiger partial charge on any atom is -0.497 e. The smallest absolute Gasteiger partial charge is 0.241 e. The Bertz CT molecular complexity index is 576. The van der Waals surface area contributed by atoms with Crippen LogP contribution in [0.15, 0.2) is 28.8 Å². The van der Waals surface area contributed by atoms with E-state index in [9.17, 15) is 0 Å². The summed E-state index contributed by atoms with van der Waals surface area (Å²) in [6.45, 7) is 2.24. The molecule has 0 N–H and O–H groups in total. The fraction of sp³-hybridized carbons (Fsp3) is 0.467. The van der Waals surface area contributed by atoms with Gasteiger partial charge in [0.2, 0.25) is 11.7 Å². The van der Waals surface area contributed by atoms with Gasteiger partial charge in [0.15, 0.2) is 0 Å². The third kappa shape index (κ3) is 3.22. The molecule has 1 aromatic carbocycles. The van der Waals surface area contributed by atoms with Crippen LogP contribution in [0.25, 0.3) is 11.4 Å². The molecular weight excluding hydrogens is 270 g/mol. The molecule has 1 aliphatic heterocycles. The molecule has 1 saturated heterocycles. The van der Waals surface area contributed by atoms with Crippen molar-refractivity contribution in [2.45, 2.75) is 19.0 Å². The molecule has 0 amide bonds. The van der Waals surface area contributed by atoms with Crippen molar-refractivity contribution < 1.29 is 14.0 Å². The van der Waals surface area contributed by atoms with Gasteiger partial charge in [-0.3, -0.25) is 4.90 Å². The maximum atomic E-state index is 5.39. The Balaban J connectivity index is 1.67. The van der Waals surface area contributed by atoms with Crippen molar-refractivity contribution in [3.05, 3.63) is 30.2 Å². The lowest BCUT2D eigenvalue weighted by atomic mass is 10.2. The highest BCUT2D eigenvalue weighted by Gasteiger charge is 2.22. The second-order valence-electron chi connectivity index (χ2n) is 5.17. The van der Waals surface area contributed by atoms with E-state index >= 15 is 0 Å². The average molecular weight is 289 g/mol. The number of hydrogen-bond donors (Lipinski definition) is 0. The maximum Gasteiger partial charge on any atom is 0.241 e. The number of ether oxygens (including phenoxy) is 2. The van der Waals surface area contributed by atoms with E-state index in [0.29, 0.717) is 24.3 Å². The Morgan fingerprint density at radius 3 is 2.81 bits per heavy atom. The van der Waals surface area contributed by atoms with Gasteiger partial charge in [-0.2, -0.15) is 4.98 Å². The van der Waals surface area contributed by atoms with Crippen LogP contribution in [0.3, 0.4) is 0 Å². The quantitative estimate of drug-likeness (QED) is 0.838. The lowest BCUT2D eigenvalue weighted by molar-refractivity contribution is 0.148. The summed E-state index contributed by atoms with van der Waals surface area (Å²) in [6, 6.07) is 8.03. The standard InChI is InChI=1S/C15H19N3O3/c1-18(12-7-8-20-10-12)9-14-16-15(17-21-14)11-3-5-13(19-2)6-4-11/h3-6,12H,7-10H2,1-2H3/t12-/m1/s1. The monoisotopic (exact) mass is 289 g/mol. The van der Waals surface area contributed by atoms with Crippen molar-refractivity contribution in [3.8, 4) is 17.1 Å². The molecular formula is C15H19N3O3. The summed E-state index contributed by atoms with van der Waals surface area (Å²) < 4.78 is 15.9. The van der Waals surface area contributed by atoms with Gasteiger partial charge in [0.1, 0.15) is 5.75 Å². The molecule has 2 aromatic rings. The highest BCUT2D eigenvalue weighted by Crippen LogP contribution is 2.20. The zero-order valence-corrected chi connectivity index (χ0v) is 12.3. The highest BCUT2D eigenvalue weighted by atomic mass is 16.5. The van der Waals surface area contributed by atoms with E-state index in [0.717, 1.165) is 30.9 Å². The zero-order valence-electron chi connectivity index (χ0n) is 12.3. The van der Waals surface area contributed by atoms with Crippen LogP contribution in [0, 0.1) is 0 Å². The van der Waals surface area contributed by atoms with Crippen molar-refractivity contribution in [1.82, 2.24) is 15.0 Å². The topological polar surface area (TPSA) is 60.6 Å². The van der Waals surface area contributed by atoms with Gasteiger partial charge in [-0.25, -0.2) is 0 Å². The molecule has 6 heteroatoms. The molecule has 21 heavy (non-hydrogen) atoms. The zero-order chi connectivity index (χ0) is 14.7. The second-order valence-corrected chi connectivity index (χ2v) is 5.17. The molecule has 0 aliphatic carbocycles. The van der Waals surface area contributed by atoms with E-state index in [1.54, 1.807) is 7.11 Å². The minimum atomic E-state index is 0.432. The molecule has 2 heterocycles. The number of aromatic nitrogens is 2. The number of rotatable bonds is 5. The molecule has 1 atom stereocenters. The van der Waals surface area contributed by atoms with Crippen LogP contribution in [0.2, 0.25) is 0 Å². The Morgan fingerprint density at radius 2 is 2.14 bits per heavy atom. The first-order valence-electron chi connectivity index (χ1n) is 7.01. The molecule has 1 fully saturated rings. The van der Waals surface area contributed by atoms with Crippen LogP contribution in [0.5, 0.6) is 5.75 Å². The van der Waals surface area contributed by atoms with Crippen LogP contribution < -0.4 is 4.74 Å². The Hall–Kier alpha value is -1.92. The van der Waals surface area contributed by atoms with Crippen LogP contribution in [-0.4, -0.2) is 48.5 Å². The van der Waals surface area contributed by atoms with E-state index in [2.05, 4.69) is 22.1 Å². The minimum absolute atomic E-state index is 0.432. The second kappa shape index (κ2) is 6.24. The predicted molar refractivity (Wildman–Crippen MR) is 77.0 cm³/mol. The highest BCUT2D eigenvalue weighted by molar-refractivity contribution is 5.55. The third-order valence-electron chi connectivity index (χ3n) is 3.73. The number of methoxy groups -OCH3 is 1. The average Bonchev–Trinajstić information content (AvgIpc) is 3.19. The summed E-state index contributed by atoms with van der Waals surface area (Å²) in [6.07, 6.45) is 1.05. The normalized spacial score (nSPS) is 18.3. The van der Waals surface area contributed by atoms with Gasteiger partial charge in [-0.05, 0) is 37.7 Å². The maximum absolute atomic E-state index is 5.39. The fourth-order valence-electron chi connectivity index (χ4n) is 2.39. The Labute approximate surface area is 123 Å². The molecule has 0 spiro atoms. The first kappa shape index (κ1) is 14.0. The van der Waals surface area contributed by atoms with E-state index in [1.165, 1.54) is 0 Å². The van der Waals surface area contributed by atoms with Crippen LogP contribution >= 0.6 is 0 Å². The molecule has 0 saturated carbocycles. The largest absolute Gasteiger partial charge is 0.497 e. The van der Waals surface area contributed by atoms with Crippen LogP contribution in [-0.2, 0) is 11.3 Å². The lowest BCUT2D eigenvalue weighted by Crippen LogP contribution is -2.31. The first-order valence-corrected chi connectivity index (χ1v) is 7.01. The first-order chi connectivity index (χ1) is 10.3. The molecule has 112 valence electrons. The van der Waals surface area contributed by atoms with E-state index in [-0.39, 0.29) is 0 Å². The third-order valence-corrected chi connectivity index (χ3v) is 3.73. The molecule has 0 bridgehead atoms. The summed E-state index contributed by atoms with van der Waals surface area (Å²) >= 11 is 0. The Morgan fingerprint density at radius 1 is 1.33 bits per heavy atom. The molecule has 6 nitrogen and oxygen atoms in total. The number of hydrogen-bond acceptors (Lipinski definition) is 6. The summed E-state index contributed by atoms with van der Waals surface area (Å²) in [5.74, 6) is 2.03. The molecule has 1 aliphatic rings. The van der Waals surface area contributed by atoms with Gasteiger partial charge in [0.25, 0.3) is 0 Å². The van der Waals surface area contributed by atoms with Gasteiger partial charge in [-0.1, -0.05) is 5.16 Å². The summed E-state index contributed by atoms with van der Waals surface area (Å²) in [7, 11) is 3.70. The van der Waals surface area contributed by atoms with Gasteiger partial charge < -0.3 is 14.0 Å². The van der Waals surface area contributed by atoms with E-state index in [4.69, 9.17) is 14.0 Å². The molecule has 0 radical (unpaired) electrons. The summed E-state index contributed by atoms with van der Waals surface area (Å²) in [5, 5.41) is 4.04. The molecule has 1 aromatic heterocycles. The van der Waals surface area contributed by atoms with Gasteiger partial charge in [-0.15, -0.1) is 0 Å². The van der Waals surface area contributed by atoms with Crippen molar-refractivity contribution in [2.75, 3.05) is 27.4 Å². The van der Waals surface area contributed by atoms with Crippen molar-refractivity contribution in [3.63, 3.8) is 0 Å². The molecule has 0 unspecified atom stereocenters. The van der Waals surface area contributed by atoms with Gasteiger partial charge in [0, 0.05) is 18.2 Å². The van der Waals surface area contributed by atoms with Crippen molar-refractivity contribution in [2.24, 2.45) is 0 Å². The summed E-state index contributed by atoms with van der Waals surface area (Å²) in [4.78, 5) is 6.64. The fourth-order valence-corrected chi connectivity index (χ4v) is 2.39. The van der Waals surface area contributed by atoms with Crippen molar-refractivity contribution >= 4 is 0 Å². The number of likely N-dealkylation sites (N-methyl/N-ethyl adjacent to an activating group) is 1. The van der Waals surface area contributed by atoms with E-state index in [1.807, 2.05) is 24.3 Å². The Kier molecular flexibility index (Phi) is 4.17.